The van der Waals surface area contributed by atoms with Crippen LogP contribution in [0.4, 0.5) is 0 Å². The number of azo groups is 1. The molecule has 37 heavy (non-hydrogen) atoms. The third-order valence-corrected chi connectivity index (χ3v) is 8.21. The van der Waals surface area contributed by atoms with E-state index < -0.39 is 23.6 Å². The molecule has 10 nitrogen and oxygen atoms in total. The van der Waals surface area contributed by atoms with Crippen LogP contribution in [0.15, 0.2) is 50.0 Å². The molecule has 5 unspecified atom stereocenters. The highest BCUT2D eigenvalue weighted by Crippen LogP contribution is 2.34. The number of likely N-dealkylation sites (tertiary alicyclic amines) is 1. The van der Waals surface area contributed by atoms with Crippen molar-refractivity contribution in [1.82, 2.24) is 15.2 Å². The number of benzene rings is 1. The monoisotopic (exact) mass is 521 g/mol. The summed E-state index contributed by atoms with van der Waals surface area (Å²) >= 11 is 1.58. The molecular weight excluding hydrogens is 490 g/mol. The fourth-order valence-electron chi connectivity index (χ4n) is 5.16. The van der Waals surface area contributed by atoms with Gasteiger partial charge < -0.3 is 15.3 Å². The molecule has 0 saturated carbocycles. The van der Waals surface area contributed by atoms with Crippen molar-refractivity contribution in [2.45, 2.75) is 64.9 Å². The zero-order valence-electron chi connectivity index (χ0n) is 21.5. The highest BCUT2D eigenvalue weighted by molar-refractivity contribution is 7.13. The van der Waals surface area contributed by atoms with E-state index in [1.54, 1.807) is 23.2 Å². The van der Waals surface area contributed by atoms with Gasteiger partial charge in [0.25, 0.3) is 5.91 Å². The summed E-state index contributed by atoms with van der Waals surface area (Å²) in [7, 11) is 0. The quantitative estimate of drug-likeness (QED) is 0.602. The predicted octanol–water partition coefficient (Wildman–Crippen LogP) is 3.31. The summed E-state index contributed by atoms with van der Waals surface area (Å²) in [4.78, 5) is 42.7. The maximum absolute atomic E-state index is 13.7. The molecule has 0 aliphatic carbocycles. The smallest absolute Gasteiger partial charge is 0.277 e. The molecule has 5 atom stereocenters. The number of hydrogen-bond acceptors (Lipinski definition) is 9. The number of nitrogens with zero attached hydrogens (tertiary/aromatic N) is 6. The summed E-state index contributed by atoms with van der Waals surface area (Å²) in [6.45, 7) is 9.61. The van der Waals surface area contributed by atoms with Crippen molar-refractivity contribution in [3.05, 3.63) is 41.0 Å². The summed E-state index contributed by atoms with van der Waals surface area (Å²) in [5, 5.41) is 22.0. The summed E-state index contributed by atoms with van der Waals surface area (Å²) in [6, 6.07) is 7.25. The molecule has 0 radical (unpaired) electrons. The number of aliphatic hydroxyl groups is 1. The van der Waals surface area contributed by atoms with Crippen LogP contribution in [0, 0.1) is 18.8 Å². The molecule has 3 aliphatic heterocycles. The third kappa shape index (κ3) is 4.50. The fourth-order valence-corrected chi connectivity index (χ4v) is 5.98. The Bertz CT molecular complexity index is 1320. The maximum atomic E-state index is 13.7. The largest absolute Gasteiger partial charge is 0.391 e. The fraction of sp³-hybridized carbons (Fsp3) is 0.500. The molecule has 5 rings (SSSR count). The molecule has 1 saturated heterocycles. The van der Waals surface area contributed by atoms with E-state index in [4.69, 9.17) is 0 Å². The average Bonchev–Trinajstić information content (AvgIpc) is 3.62. The van der Waals surface area contributed by atoms with Gasteiger partial charge in [0.2, 0.25) is 5.91 Å². The molecule has 1 fully saturated rings. The first-order chi connectivity index (χ1) is 17.6. The number of aliphatic imine (C=N–C) groups is 2. The Hall–Kier alpha value is -3.31. The first-order valence-corrected chi connectivity index (χ1v) is 13.4. The number of hydrogen-bond donors (Lipinski definition) is 2. The van der Waals surface area contributed by atoms with Crippen LogP contribution < -0.4 is 5.32 Å². The average molecular weight is 522 g/mol. The lowest BCUT2D eigenvalue weighted by atomic mass is 9.90. The Kier molecular flexibility index (Phi) is 6.53. The normalized spacial score (nSPS) is 28.0. The van der Waals surface area contributed by atoms with Crippen LogP contribution in [0.3, 0.4) is 0 Å². The predicted molar refractivity (Wildman–Crippen MR) is 141 cm³/mol. The highest BCUT2D eigenvalue weighted by Gasteiger charge is 2.48. The zero-order valence-corrected chi connectivity index (χ0v) is 22.4. The molecule has 3 aliphatic rings. The minimum Gasteiger partial charge on any atom is -0.391 e. The molecule has 0 spiro atoms. The molecule has 0 bridgehead atoms. The number of amidine groups is 2. The van der Waals surface area contributed by atoms with Crippen LogP contribution in [-0.4, -0.2) is 63.3 Å². The first kappa shape index (κ1) is 25.3. The molecule has 2 aromatic rings. The van der Waals surface area contributed by atoms with Crippen LogP contribution in [0.25, 0.3) is 10.4 Å². The molecule has 2 amide bonds. The van der Waals surface area contributed by atoms with Crippen molar-refractivity contribution in [2.24, 2.45) is 32.0 Å². The minimum absolute atomic E-state index is 0.0695. The number of rotatable bonds is 6. The lowest BCUT2D eigenvalue weighted by Gasteiger charge is -2.31. The zero-order chi connectivity index (χ0) is 26.5. The van der Waals surface area contributed by atoms with Gasteiger partial charge in [-0.05, 0) is 37.8 Å². The number of carbonyl (C=O) groups excluding carboxylic acids is 2. The van der Waals surface area contributed by atoms with Gasteiger partial charge in [-0.3, -0.25) is 9.59 Å². The van der Waals surface area contributed by atoms with Gasteiger partial charge in [-0.1, -0.05) is 38.1 Å². The SMILES string of the molecule is Cc1ncsc1-c1ccc(C2(C)NC(C3CC(O)CN3C(=O)C(C3=NC(C)N=N3)C(C)C)=NC2=O)cc1. The third-order valence-electron chi connectivity index (χ3n) is 7.23. The van der Waals surface area contributed by atoms with Crippen molar-refractivity contribution >= 4 is 34.8 Å². The standard InChI is InChI=1S/C26H31N7O3S/c1-13(2)20(23-28-15(4)31-32-23)24(35)33-11-18(34)10-19(33)22-29-25(36)26(5,30-22)17-8-6-16(7-9-17)21-14(3)27-12-37-21/h6-9,12-13,15,18-20,34H,10-11H2,1-5H3,(H,29,30,36). The Morgan fingerprint density at radius 3 is 2.59 bits per heavy atom. The van der Waals surface area contributed by atoms with Crippen molar-refractivity contribution in [2.75, 3.05) is 6.54 Å². The van der Waals surface area contributed by atoms with Crippen molar-refractivity contribution in [1.29, 1.82) is 0 Å². The van der Waals surface area contributed by atoms with Gasteiger partial charge in [-0.25, -0.2) is 9.98 Å². The van der Waals surface area contributed by atoms with E-state index >= 15 is 0 Å². The molecule has 2 N–H and O–H groups in total. The number of aromatic nitrogens is 1. The Morgan fingerprint density at radius 1 is 1.27 bits per heavy atom. The van der Waals surface area contributed by atoms with Crippen LogP contribution in [-0.2, 0) is 15.1 Å². The Morgan fingerprint density at radius 2 is 2.00 bits per heavy atom. The van der Waals surface area contributed by atoms with Crippen LogP contribution >= 0.6 is 11.3 Å². The second kappa shape index (κ2) is 9.53. The number of aliphatic hydroxyl groups excluding tert-OH is 1. The molecule has 4 heterocycles. The molecule has 1 aromatic heterocycles. The van der Waals surface area contributed by atoms with Gasteiger partial charge >= 0.3 is 0 Å². The molecule has 194 valence electrons. The lowest BCUT2D eigenvalue weighted by Crippen LogP contribution is -2.52. The lowest BCUT2D eigenvalue weighted by molar-refractivity contribution is -0.134. The summed E-state index contributed by atoms with van der Waals surface area (Å²) in [5.41, 5.74) is 3.52. The van der Waals surface area contributed by atoms with Crippen LogP contribution in [0.1, 0.15) is 45.4 Å². The number of amides is 2. The molecular formula is C26H31N7O3S. The molecule has 1 aromatic carbocycles. The second-order valence-corrected chi connectivity index (χ2v) is 11.2. The van der Waals surface area contributed by atoms with Gasteiger partial charge in [-0.2, -0.15) is 10.1 Å². The van der Waals surface area contributed by atoms with E-state index in [2.05, 4.69) is 30.5 Å². The van der Waals surface area contributed by atoms with E-state index in [1.165, 1.54) is 0 Å². The van der Waals surface area contributed by atoms with Crippen molar-refractivity contribution in [3.8, 4) is 10.4 Å². The summed E-state index contributed by atoms with van der Waals surface area (Å²) in [6.07, 6.45) is -0.740. The van der Waals surface area contributed by atoms with E-state index in [0.29, 0.717) is 18.1 Å². The maximum Gasteiger partial charge on any atom is 0.277 e. The van der Waals surface area contributed by atoms with E-state index in [1.807, 2.05) is 57.5 Å². The van der Waals surface area contributed by atoms with Gasteiger partial charge in [0.1, 0.15) is 17.3 Å². The number of thiazole rings is 1. The van der Waals surface area contributed by atoms with Crippen molar-refractivity contribution < 1.29 is 14.7 Å². The van der Waals surface area contributed by atoms with E-state index in [9.17, 15) is 14.7 Å². The Labute approximate surface area is 219 Å². The number of carbonyl (C=O) groups is 2. The van der Waals surface area contributed by atoms with Crippen LogP contribution in [0.2, 0.25) is 0 Å². The summed E-state index contributed by atoms with van der Waals surface area (Å²) in [5.74, 6) is -0.385. The van der Waals surface area contributed by atoms with Gasteiger partial charge in [-0.15, -0.1) is 16.5 Å². The van der Waals surface area contributed by atoms with E-state index in [0.717, 1.165) is 21.7 Å². The highest BCUT2D eigenvalue weighted by atomic mass is 32.1. The van der Waals surface area contributed by atoms with Gasteiger partial charge in [0.05, 0.1) is 28.2 Å². The van der Waals surface area contributed by atoms with Gasteiger partial charge in [0, 0.05) is 13.0 Å². The van der Waals surface area contributed by atoms with E-state index in [-0.39, 0.29) is 30.4 Å². The van der Waals surface area contributed by atoms with Gasteiger partial charge in [0.15, 0.2) is 12.0 Å². The second-order valence-electron chi connectivity index (χ2n) is 10.3. The Balaban J connectivity index is 1.38. The first-order valence-electron chi connectivity index (χ1n) is 12.5. The number of aryl methyl sites for hydroxylation is 1. The summed E-state index contributed by atoms with van der Waals surface area (Å²) < 4.78 is 0. The van der Waals surface area contributed by atoms with Crippen molar-refractivity contribution in [3.63, 3.8) is 0 Å². The molecule has 11 heteroatoms. The topological polar surface area (TPSA) is 132 Å². The van der Waals surface area contributed by atoms with Crippen LogP contribution in [0.5, 0.6) is 0 Å². The number of β-amino-alcohol motifs (C(OH)–C–C–N with tert-alkyl or cyclic N) is 1. The number of nitrogens with one attached hydrogen (secondary N) is 1. The minimum atomic E-state index is -1.07.